The van der Waals surface area contributed by atoms with E-state index in [9.17, 15) is 0 Å². The molecule has 72 valence electrons. The summed E-state index contributed by atoms with van der Waals surface area (Å²) in [5.74, 6) is 5.99. The molecule has 4 N–H and O–H groups in total. The largest absolute Gasteiger partial charge is 0.308 e. The van der Waals surface area contributed by atoms with Crippen molar-refractivity contribution >= 4 is 5.84 Å². The molecule has 0 bridgehead atoms. The van der Waals surface area contributed by atoms with Gasteiger partial charge in [0.05, 0.1) is 17.3 Å². The van der Waals surface area contributed by atoms with Crippen LogP contribution in [0.2, 0.25) is 0 Å². The molecule has 0 amide bonds. The Morgan fingerprint density at radius 3 is 2.69 bits per heavy atom. The summed E-state index contributed by atoms with van der Waals surface area (Å²) in [4.78, 5) is 4.39. The number of aromatic amines is 1. The van der Waals surface area contributed by atoms with Crippen LogP contribution >= 0.6 is 0 Å². The van der Waals surface area contributed by atoms with Crippen molar-refractivity contribution in [1.29, 1.82) is 0 Å². The average Bonchev–Trinajstić information content (AvgIpc) is 2.50. The highest BCUT2D eigenvalue weighted by molar-refractivity contribution is 5.98. The zero-order valence-electron chi connectivity index (χ0n) is 8.13. The fourth-order valence-corrected chi connectivity index (χ4v) is 0.896. The van der Waals surface area contributed by atoms with Crippen LogP contribution in [0.1, 0.15) is 26.3 Å². The van der Waals surface area contributed by atoms with Crippen LogP contribution in [-0.2, 0) is 0 Å². The number of nitrogens with one attached hydrogen (secondary N) is 2. The molecule has 0 fully saturated rings. The summed E-state index contributed by atoms with van der Waals surface area (Å²) in [6.45, 7) is 6.01. The van der Waals surface area contributed by atoms with Crippen LogP contribution < -0.4 is 11.3 Å². The minimum absolute atomic E-state index is 0.154. The number of hydrogen-bond donors (Lipinski definition) is 3. The first-order chi connectivity index (χ1) is 6.03. The summed E-state index contributed by atoms with van der Waals surface area (Å²) in [6.07, 6.45) is 3.41. The van der Waals surface area contributed by atoms with Crippen LogP contribution in [0.3, 0.4) is 0 Å². The second kappa shape index (κ2) is 3.57. The Bertz CT molecular complexity index is 280. The fraction of sp³-hybridized carbons (Fsp3) is 0.500. The molecule has 1 heterocycles. The lowest BCUT2D eigenvalue weighted by Crippen LogP contribution is -2.33. The van der Waals surface area contributed by atoms with E-state index in [4.69, 9.17) is 5.84 Å². The second-order valence-corrected chi connectivity index (χ2v) is 3.76. The molecular weight excluding hydrogens is 166 g/mol. The van der Waals surface area contributed by atoms with Crippen molar-refractivity contribution in [2.75, 3.05) is 0 Å². The van der Waals surface area contributed by atoms with Gasteiger partial charge in [-0.2, -0.15) is 5.10 Å². The van der Waals surface area contributed by atoms with E-state index in [1.165, 1.54) is 0 Å². The molecule has 13 heavy (non-hydrogen) atoms. The van der Waals surface area contributed by atoms with E-state index < -0.39 is 0 Å². The second-order valence-electron chi connectivity index (χ2n) is 3.76. The van der Waals surface area contributed by atoms with E-state index in [-0.39, 0.29) is 5.54 Å². The van der Waals surface area contributed by atoms with Gasteiger partial charge in [-0.3, -0.25) is 10.1 Å². The lowest BCUT2D eigenvalue weighted by Gasteiger charge is -2.14. The highest BCUT2D eigenvalue weighted by Crippen LogP contribution is 2.08. The third-order valence-electron chi connectivity index (χ3n) is 1.36. The van der Waals surface area contributed by atoms with Crippen molar-refractivity contribution in [3.63, 3.8) is 0 Å². The van der Waals surface area contributed by atoms with E-state index in [0.29, 0.717) is 5.84 Å². The van der Waals surface area contributed by atoms with Gasteiger partial charge in [-0.15, -0.1) is 0 Å². The van der Waals surface area contributed by atoms with Gasteiger partial charge in [0.2, 0.25) is 0 Å². The van der Waals surface area contributed by atoms with Crippen molar-refractivity contribution < 1.29 is 0 Å². The predicted molar refractivity (Wildman–Crippen MR) is 52.2 cm³/mol. The Morgan fingerprint density at radius 2 is 2.31 bits per heavy atom. The normalized spacial score (nSPS) is 13.1. The van der Waals surface area contributed by atoms with Crippen LogP contribution in [0.5, 0.6) is 0 Å². The van der Waals surface area contributed by atoms with Crippen molar-refractivity contribution in [2.24, 2.45) is 10.8 Å². The molecule has 0 atom stereocenters. The number of nitrogens with zero attached hydrogens (tertiary/aromatic N) is 2. The van der Waals surface area contributed by atoms with Crippen LogP contribution in [0.4, 0.5) is 0 Å². The van der Waals surface area contributed by atoms with Crippen LogP contribution in [0, 0.1) is 0 Å². The van der Waals surface area contributed by atoms with E-state index in [0.717, 1.165) is 5.56 Å². The fourth-order valence-electron chi connectivity index (χ4n) is 0.896. The summed E-state index contributed by atoms with van der Waals surface area (Å²) < 4.78 is 0. The third kappa shape index (κ3) is 2.87. The molecular formula is C8H15N5. The van der Waals surface area contributed by atoms with Crippen molar-refractivity contribution in [3.05, 3.63) is 18.0 Å². The van der Waals surface area contributed by atoms with E-state index >= 15 is 0 Å². The highest BCUT2D eigenvalue weighted by Gasteiger charge is 2.11. The highest BCUT2D eigenvalue weighted by atomic mass is 15.3. The standard InChI is InChI=1S/C8H15N5/c1-8(2,3)12-7(13-9)6-4-10-11-5-6/h4-5H,9H2,1-3H3,(H,10,11)(H,12,13). The molecule has 5 heteroatoms. The maximum absolute atomic E-state index is 5.35. The van der Waals surface area contributed by atoms with Gasteiger partial charge in [0.1, 0.15) is 5.84 Å². The molecule has 0 aliphatic carbocycles. The smallest absolute Gasteiger partial charge is 0.146 e. The summed E-state index contributed by atoms with van der Waals surface area (Å²) in [5, 5.41) is 6.52. The lowest BCUT2D eigenvalue weighted by molar-refractivity contribution is 0.580. The molecule has 0 aromatic carbocycles. The molecule has 1 aromatic rings. The quantitative estimate of drug-likeness (QED) is 0.254. The van der Waals surface area contributed by atoms with Crippen molar-refractivity contribution in [2.45, 2.75) is 26.3 Å². The van der Waals surface area contributed by atoms with Gasteiger partial charge in [-0.25, -0.2) is 5.84 Å². The zero-order valence-corrected chi connectivity index (χ0v) is 8.13. The van der Waals surface area contributed by atoms with E-state index in [2.05, 4.69) is 20.6 Å². The number of nitrogens with two attached hydrogens (primary N) is 1. The minimum Gasteiger partial charge on any atom is -0.308 e. The molecule has 0 radical (unpaired) electrons. The van der Waals surface area contributed by atoms with Gasteiger partial charge in [0, 0.05) is 6.20 Å². The third-order valence-corrected chi connectivity index (χ3v) is 1.36. The van der Waals surface area contributed by atoms with Crippen molar-refractivity contribution in [3.8, 4) is 0 Å². The molecule has 0 unspecified atom stereocenters. The average molecular weight is 181 g/mol. The molecule has 0 saturated carbocycles. The number of hydrazine groups is 1. The first-order valence-corrected chi connectivity index (χ1v) is 4.08. The van der Waals surface area contributed by atoms with E-state index in [1.54, 1.807) is 12.4 Å². The van der Waals surface area contributed by atoms with Gasteiger partial charge in [-0.1, -0.05) is 0 Å². The van der Waals surface area contributed by atoms with Gasteiger partial charge in [-0.05, 0) is 20.8 Å². The Balaban J connectivity index is 2.93. The Labute approximate surface area is 77.4 Å². The monoisotopic (exact) mass is 181 g/mol. The van der Waals surface area contributed by atoms with Gasteiger partial charge in [0.25, 0.3) is 0 Å². The molecule has 1 aromatic heterocycles. The Morgan fingerprint density at radius 1 is 1.62 bits per heavy atom. The van der Waals surface area contributed by atoms with Crippen LogP contribution in [0.25, 0.3) is 0 Å². The minimum atomic E-state index is -0.154. The van der Waals surface area contributed by atoms with Gasteiger partial charge >= 0.3 is 0 Å². The zero-order chi connectivity index (χ0) is 9.90. The summed E-state index contributed by atoms with van der Waals surface area (Å²) in [7, 11) is 0. The number of amidine groups is 1. The van der Waals surface area contributed by atoms with Crippen LogP contribution in [-0.4, -0.2) is 21.6 Å². The SMILES string of the molecule is CC(C)(C)N=C(NN)c1cn[nH]c1. The molecule has 0 aliphatic heterocycles. The number of aromatic nitrogens is 2. The van der Waals surface area contributed by atoms with Crippen LogP contribution in [0.15, 0.2) is 17.4 Å². The summed E-state index contributed by atoms with van der Waals surface area (Å²) in [5.41, 5.74) is 3.26. The summed E-state index contributed by atoms with van der Waals surface area (Å²) >= 11 is 0. The number of hydrogen-bond acceptors (Lipinski definition) is 3. The maximum Gasteiger partial charge on any atom is 0.146 e. The van der Waals surface area contributed by atoms with Crippen molar-refractivity contribution in [1.82, 2.24) is 15.6 Å². The summed E-state index contributed by atoms with van der Waals surface area (Å²) in [6, 6.07) is 0. The molecule has 1 rings (SSSR count). The molecule has 0 aliphatic rings. The van der Waals surface area contributed by atoms with Gasteiger partial charge in [0.15, 0.2) is 0 Å². The first kappa shape index (κ1) is 9.73. The number of rotatable bonds is 1. The van der Waals surface area contributed by atoms with E-state index in [1.807, 2.05) is 20.8 Å². The number of H-pyrrole nitrogens is 1. The molecule has 5 nitrogen and oxygen atoms in total. The molecule has 0 saturated heterocycles. The first-order valence-electron chi connectivity index (χ1n) is 4.08. The Kier molecular flexibility index (Phi) is 2.67. The lowest BCUT2D eigenvalue weighted by atomic mass is 10.1. The predicted octanol–water partition coefficient (Wildman–Crippen LogP) is 0.418. The Hall–Kier alpha value is -1.36. The maximum atomic E-state index is 5.35. The molecule has 0 spiro atoms. The topological polar surface area (TPSA) is 79.1 Å². The van der Waals surface area contributed by atoms with Gasteiger partial charge < -0.3 is 5.43 Å². The number of aliphatic imine (C=N–C) groups is 1.